The first-order valence-corrected chi connectivity index (χ1v) is 9.51. The second-order valence-electron chi connectivity index (χ2n) is 7.35. The normalized spacial score (nSPS) is 15.2. The molecule has 0 saturated carbocycles. The molecule has 1 aliphatic heterocycles. The molecule has 0 bridgehead atoms. The number of alkyl halides is 3. The van der Waals surface area contributed by atoms with Crippen LogP contribution in [0.15, 0.2) is 54.9 Å². The highest BCUT2D eigenvalue weighted by Crippen LogP contribution is 2.35. The second-order valence-corrected chi connectivity index (χ2v) is 7.35. The van der Waals surface area contributed by atoms with Crippen LogP contribution in [0.5, 0.6) is 0 Å². The number of carbonyl (C=O) groups excluding carboxylic acids is 1. The van der Waals surface area contributed by atoms with Crippen molar-refractivity contribution in [2.75, 3.05) is 18.5 Å². The standard InChI is InChI=1S/C22H17F4N3O3/c23-15-2-4-16(5-3-15)29-20(31)21(11-32-12-21)14-1-6-18(27-8-14)17-9-28-19(22(24,25)26)7-13(17)10-30/h1-9,30H,10-12H2,(H,29,31). The average molecular weight is 447 g/mol. The van der Waals surface area contributed by atoms with Crippen LogP contribution in [0.2, 0.25) is 0 Å². The summed E-state index contributed by atoms with van der Waals surface area (Å²) in [5.41, 5.74) is -0.547. The summed E-state index contributed by atoms with van der Waals surface area (Å²) < 4.78 is 57.0. The molecule has 0 spiro atoms. The molecule has 0 atom stereocenters. The number of benzene rings is 1. The minimum Gasteiger partial charge on any atom is -0.392 e. The number of pyridine rings is 2. The first kappa shape index (κ1) is 21.8. The Hall–Kier alpha value is -3.37. The number of aromatic nitrogens is 2. The lowest BCUT2D eigenvalue weighted by Gasteiger charge is -2.40. The number of hydrogen-bond acceptors (Lipinski definition) is 5. The van der Waals surface area contributed by atoms with Gasteiger partial charge in [-0.15, -0.1) is 0 Å². The van der Waals surface area contributed by atoms with Crippen LogP contribution in [-0.2, 0) is 27.7 Å². The lowest BCUT2D eigenvalue weighted by Crippen LogP contribution is -2.55. The van der Waals surface area contributed by atoms with Crippen LogP contribution in [0.25, 0.3) is 11.3 Å². The van der Waals surface area contributed by atoms with Crippen molar-refractivity contribution >= 4 is 11.6 Å². The Bertz CT molecular complexity index is 1130. The molecule has 2 N–H and O–H groups in total. The minimum absolute atomic E-state index is 0.0309. The number of ether oxygens (including phenoxy) is 1. The summed E-state index contributed by atoms with van der Waals surface area (Å²) in [4.78, 5) is 20.6. The maximum Gasteiger partial charge on any atom is 0.433 e. The van der Waals surface area contributed by atoms with Crippen LogP contribution >= 0.6 is 0 Å². The van der Waals surface area contributed by atoms with E-state index in [4.69, 9.17) is 4.74 Å². The van der Waals surface area contributed by atoms with Gasteiger partial charge in [-0.2, -0.15) is 13.2 Å². The van der Waals surface area contributed by atoms with Gasteiger partial charge in [-0.05, 0) is 47.5 Å². The highest BCUT2D eigenvalue weighted by atomic mass is 19.4. The first-order valence-electron chi connectivity index (χ1n) is 9.51. The average Bonchev–Trinajstić information content (AvgIpc) is 2.74. The van der Waals surface area contributed by atoms with Crippen LogP contribution in [0, 0.1) is 5.82 Å². The van der Waals surface area contributed by atoms with Gasteiger partial charge in [0.15, 0.2) is 0 Å². The van der Waals surface area contributed by atoms with Crippen molar-refractivity contribution in [3.05, 3.63) is 77.5 Å². The summed E-state index contributed by atoms with van der Waals surface area (Å²) >= 11 is 0. The fourth-order valence-electron chi connectivity index (χ4n) is 3.37. The largest absolute Gasteiger partial charge is 0.433 e. The van der Waals surface area contributed by atoms with Gasteiger partial charge in [-0.3, -0.25) is 14.8 Å². The van der Waals surface area contributed by atoms with Gasteiger partial charge < -0.3 is 15.2 Å². The molecule has 6 nitrogen and oxygen atoms in total. The van der Waals surface area contributed by atoms with E-state index in [1.807, 2.05) is 0 Å². The van der Waals surface area contributed by atoms with Crippen LogP contribution < -0.4 is 5.32 Å². The third kappa shape index (κ3) is 4.06. The number of halogens is 4. The number of nitrogens with one attached hydrogen (secondary N) is 1. The number of aliphatic hydroxyl groups is 1. The number of anilines is 1. The van der Waals surface area contributed by atoms with Gasteiger partial charge in [0, 0.05) is 23.6 Å². The maximum atomic E-state index is 13.1. The third-order valence-corrected chi connectivity index (χ3v) is 5.28. The molecule has 166 valence electrons. The number of amides is 1. The predicted molar refractivity (Wildman–Crippen MR) is 106 cm³/mol. The smallest absolute Gasteiger partial charge is 0.392 e. The zero-order valence-electron chi connectivity index (χ0n) is 16.5. The number of aliphatic hydroxyl groups excluding tert-OH is 1. The van der Waals surface area contributed by atoms with Crippen molar-refractivity contribution in [2.45, 2.75) is 18.2 Å². The van der Waals surface area contributed by atoms with Crippen molar-refractivity contribution < 1.29 is 32.2 Å². The van der Waals surface area contributed by atoms with E-state index in [1.54, 1.807) is 12.1 Å². The molecule has 0 radical (unpaired) electrons. The first-order chi connectivity index (χ1) is 15.2. The molecular weight excluding hydrogens is 430 g/mol. The lowest BCUT2D eigenvalue weighted by atomic mass is 9.78. The molecule has 32 heavy (non-hydrogen) atoms. The lowest BCUT2D eigenvalue weighted by molar-refractivity contribution is -0.141. The van der Waals surface area contributed by atoms with Crippen molar-refractivity contribution in [3.63, 3.8) is 0 Å². The summed E-state index contributed by atoms with van der Waals surface area (Å²) in [6, 6.07) is 9.30. The van der Waals surface area contributed by atoms with Gasteiger partial charge in [-0.1, -0.05) is 6.07 Å². The van der Waals surface area contributed by atoms with E-state index < -0.39 is 29.7 Å². The molecule has 1 saturated heterocycles. The van der Waals surface area contributed by atoms with Gasteiger partial charge in [-0.25, -0.2) is 4.39 Å². The fraction of sp³-hybridized carbons (Fsp3) is 0.227. The van der Waals surface area contributed by atoms with Gasteiger partial charge in [0.25, 0.3) is 0 Å². The van der Waals surface area contributed by atoms with E-state index in [9.17, 15) is 27.5 Å². The highest BCUT2D eigenvalue weighted by molar-refractivity contribution is 6.00. The van der Waals surface area contributed by atoms with Crippen LogP contribution in [-0.4, -0.2) is 34.2 Å². The minimum atomic E-state index is -4.63. The molecule has 0 unspecified atom stereocenters. The number of carbonyl (C=O) groups is 1. The Balaban J connectivity index is 1.60. The Kier molecular flexibility index (Phi) is 5.66. The number of hydrogen-bond donors (Lipinski definition) is 2. The SMILES string of the molecule is O=C(Nc1ccc(F)cc1)C1(c2ccc(-c3cnc(C(F)(F)F)cc3CO)nc2)COC1. The quantitative estimate of drug-likeness (QED) is 0.583. The molecule has 1 aromatic carbocycles. The zero-order valence-corrected chi connectivity index (χ0v) is 16.5. The Morgan fingerprint density at radius 2 is 1.81 bits per heavy atom. The van der Waals surface area contributed by atoms with Crippen LogP contribution in [0.4, 0.5) is 23.2 Å². The van der Waals surface area contributed by atoms with Crippen molar-refractivity contribution in [1.82, 2.24) is 9.97 Å². The van der Waals surface area contributed by atoms with Gasteiger partial charge in [0.05, 0.1) is 25.5 Å². The Morgan fingerprint density at radius 3 is 2.34 bits per heavy atom. The molecule has 1 fully saturated rings. The summed E-state index contributed by atoms with van der Waals surface area (Å²) in [5, 5.41) is 12.2. The molecule has 0 aliphatic carbocycles. The predicted octanol–water partition coefficient (Wildman–Crippen LogP) is 3.70. The van der Waals surface area contributed by atoms with E-state index in [0.29, 0.717) is 16.9 Å². The molecule has 3 heterocycles. The molecule has 10 heteroatoms. The summed E-state index contributed by atoms with van der Waals surface area (Å²) in [6.07, 6.45) is -2.17. The molecule has 2 aromatic heterocycles. The zero-order chi connectivity index (χ0) is 22.9. The van der Waals surface area contributed by atoms with E-state index in [2.05, 4.69) is 15.3 Å². The Morgan fingerprint density at radius 1 is 1.09 bits per heavy atom. The number of nitrogens with zero attached hydrogens (tertiary/aromatic N) is 2. The van der Waals surface area contributed by atoms with Crippen LogP contribution in [0.1, 0.15) is 16.8 Å². The third-order valence-electron chi connectivity index (χ3n) is 5.28. The second kappa shape index (κ2) is 8.29. The maximum absolute atomic E-state index is 13.1. The molecule has 4 rings (SSSR count). The molecule has 1 amide bonds. The topological polar surface area (TPSA) is 84.3 Å². The summed E-state index contributed by atoms with van der Waals surface area (Å²) in [7, 11) is 0. The van der Waals surface area contributed by atoms with Crippen LogP contribution in [0.3, 0.4) is 0 Å². The van der Waals surface area contributed by atoms with Crippen molar-refractivity contribution in [1.29, 1.82) is 0 Å². The van der Waals surface area contributed by atoms with E-state index in [0.717, 1.165) is 12.3 Å². The van der Waals surface area contributed by atoms with Gasteiger partial charge in [0.2, 0.25) is 5.91 Å². The summed E-state index contributed by atoms with van der Waals surface area (Å²) in [5.74, 6) is -0.776. The fourth-order valence-corrected chi connectivity index (χ4v) is 3.37. The van der Waals surface area contributed by atoms with E-state index >= 15 is 0 Å². The van der Waals surface area contributed by atoms with Crippen molar-refractivity contribution in [2.24, 2.45) is 0 Å². The van der Waals surface area contributed by atoms with E-state index in [1.165, 1.54) is 30.5 Å². The monoisotopic (exact) mass is 447 g/mol. The summed E-state index contributed by atoms with van der Waals surface area (Å²) in [6.45, 7) is -0.391. The highest BCUT2D eigenvalue weighted by Gasteiger charge is 2.48. The Labute approximate surface area is 179 Å². The van der Waals surface area contributed by atoms with E-state index in [-0.39, 0.29) is 30.2 Å². The molecule has 1 aliphatic rings. The molecular formula is C22H17F4N3O3. The van der Waals surface area contributed by atoms with Crippen molar-refractivity contribution in [3.8, 4) is 11.3 Å². The number of rotatable bonds is 5. The van der Waals surface area contributed by atoms with Gasteiger partial charge in [0.1, 0.15) is 16.9 Å². The molecule has 3 aromatic rings. The van der Waals surface area contributed by atoms with Gasteiger partial charge >= 0.3 is 6.18 Å².